The van der Waals surface area contributed by atoms with Gasteiger partial charge in [0.2, 0.25) is 0 Å². The highest BCUT2D eigenvalue weighted by Crippen LogP contribution is 2.37. The number of pyridine rings is 1. The van der Waals surface area contributed by atoms with E-state index in [2.05, 4.69) is 22.5 Å². The molecule has 1 aliphatic rings. The number of nitro groups is 1. The second-order valence-electron chi connectivity index (χ2n) is 5.13. The largest absolute Gasteiger partial charge is 0.370 e. The molecule has 2 rings (SSSR count). The number of hydrogen-bond donors (Lipinski definition) is 2. The molecule has 2 N–H and O–H groups in total. The predicted octanol–water partition coefficient (Wildman–Crippen LogP) is 2.88. The summed E-state index contributed by atoms with van der Waals surface area (Å²) in [6.45, 7) is 5.84. The Hall–Kier alpha value is -1.85. The lowest BCUT2D eigenvalue weighted by Gasteiger charge is -2.08. The third-order valence-electron chi connectivity index (χ3n) is 3.40. The van der Waals surface area contributed by atoms with Crippen molar-refractivity contribution in [1.82, 2.24) is 4.98 Å². The van der Waals surface area contributed by atoms with Crippen molar-refractivity contribution >= 4 is 17.3 Å². The number of nitrogens with one attached hydrogen (secondary N) is 2. The van der Waals surface area contributed by atoms with Crippen LogP contribution in [0, 0.1) is 22.0 Å². The highest BCUT2D eigenvalue weighted by Gasteiger charge is 2.32. The Morgan fingerprint density at radius 2 is 2.05 bits per heavy atom. The van der Waals surface area contributed by atoms with Gasteiger partial charge >= 0.3 is 0 Å². The normalized spacial score (nSPS) is 20.9. The summed E-state index contributed by atoms with van der Waals surface area (Å²) in [7, 11) is 0. The Kier molecular flexibility index (Phi) is 4.19. The zero-order valence-corrected chi connectivity index (χ0v) is 11.3. The second-order valence-corrected chi connectivity index (χ2v) is 5.13. The molecule has 1 fully saturated rings. The van der Waals surface area contributed by atoms with Crippen LogP contribution >= 0.6 is 0 Å². The third kappa shape index (κ3) is 3.81. The second kappa shape index (κ2) is 5.86. The number of aromatic nitrogens is 1. The van der Waals surface area contributed by atoms with E-state index in [0.717, 1.165) is 25.4 Å². The van der Waals surface area contributed by atoms with E-state index in [0.29, 0.717) is 17.6 Å². The molecular weight excluding hydrogens is 244 g/mol. The van der Waals surface area contributed by atoms with E-state index in [1.54, 1.807) is 0 Å². The molecule has 0 saturated heterocycles. The van der Waals surface area contributed by atoms with Crippen LogP contribution in [-0.4, -0.2) is 23.0 Å². The Labute approximate surface area is 112 Å². The fourth-order valence-electron chi connectivity index (χ4n) is 1.97. The van der Waals surface area contributed by atoms with Crippen molar-refractivity contribution < 1.29 is 4.92 Å². The van der Waals surface area contributed by atoms with Gasteiger partial charge in [0.15, 0.2) is 0 Å². The minimum Gasteiger partial charge on any atom is -0.370 e. The molecule has 0 aromatic carbocycles. The van der Waals surface area contributed by atoms with Crippen LogP contribution in [0.3, 0.4) is 0 Å². The van der Waals surface area contributed by atoms with Gasteiger partial charge in [-0.15, -0.1) is 0 Å². The van der Waals surface area contributed by atoms with E-state index >= 15 is 0 Å². The fraction of sp³-hybridized carbons (Fsp3) is 0.615. The molecule has 1 aromatic heterocycles. The van der Waals surface area contributed by atoms with Crippen molar-refractivity contribution in [1.29, 1.82) is 0 Å². The lowest BCUT2D eigenvalue weighted by Crippen LogP contribution is -2.09. The molecule has 1 heterocycles. The molecule has 0 radical (unpaired) electrons. The summed E-state index contributed by atoms with van der Waals surface area (Å²) in [6.07, 6.45) is 2.18. The van der Waals surface area contributed by atoms with Gasteiger partial charge in [-0.25, -0.2) is 4.98 Å². The summed E-state index contributed by atoms with van der Waals surface area (Å²) in [5.74, 6) is 2.56. The van der Waals surface area contributed by atoms with Crippen molar-refractivity contribution in [2.45, 2.75) is 26.7 Å². The van der Waals surface area contributed by atoms with Gasteiger partial charge < -0.3 is 10.6 Å². The molecule has 0 aliphatic heterocycles. The third-order valence-corrected chi connectivity index (χ3v) is 3.40. The van der Waals surface area contributed by atoms with E-state index in [4.69, 9.17) is 0 Å². The molecule has 0 spiro atoms. The van der Waals surface area contributed by atoms with Gasteiger partial charge in [0.1, 0.15) is 11.6 Å². The Morgan fingerprint density at radius 1 is 1.42 bits per heavy atom. The standard InChI is InChI=1S/C13H20N4O2/c1-3-4-14-12-6-11(17(18)19)7-13(16-12)15-8-10-5-9(10)2/h6-7,9-10H,3-5,8H2,1-2H3,(H2,14,15,16). The minimum atomic E-state index is -0.385. The lowest BCUT2D eigenvalue weighted by atomic mass is 10.3. The number of anilines is 2. The summed E-state index contributed by atoms with van der Waals surface area (Å²) >= 11 is 0. The zero-order chi connectivity index (χ0) is 13.8. The van der Waals surface area contributed by atoms with Crippen molar-refractivity contribution in [3.63, 3.8) is 0 Å². The summed E-state index contributed by atoms with van der Waals surface area (Å²) in [4.78, 5) is 14.9. The van der Waals surface area contributed by atoms with E-state index in [9.17, 15) is 10.1 Å². The number of nitrogens with zero attached hydrogens (tertiary/aromatic N) is 2. The van der Waals surface area contributed by atoms with Gasteiger partial charge in [0.05, 0.1) is 17.1 Å². The first-order chi connectivity index (χ1) is 9.10. The highest BCUT2D eigenvalue weighted by atomic mass is 16.6. The smallest absolute Gasteiger partial charge is 0.276 e. The van der Waals surface area contributed by atoms with Crippen LogP contribution in [0.25, 0.3) is 0 Å². The molecule has 2 atom stereocenters. The summed E-state index contributed by atoms with van der Waals surface area (Å²) in [5, 5.41) is 17.2. The fourth-order valence-corrected chi connectivity index (χ4v) is 1.97. The molecule has 0 amide bonds. The average Bonchev–Trinajstić information content (AvgIpc) is 3.09. The first-order valence-electron chi connectivity index (χ1n) is 6.74. The maximum Gasteiger partial charge on any atom is 0.276 e. The van der Waals surface area contributed by atoms with Crippen LogP contribution in [0.4, 0.5) is 17.3 Å². The van der Waals surface area contributed by atoms with Crippen molar-refractivity contribution in [2.75, 3.05) is 23.7 Å². The molecule has 6 nitrogen and oxygen atoms in total. The van der Waals surface area contributed by atoms with Crippen LogP contribution in [0.2, 0.25) is 0 Å². The monoisotopic (exact) mass is 264 g/mol. The molecule has 19 heavy (non-hydrogen) atoms. The molecule has 104 valence electrons. The van der Waals surface area contributed by atoms with Gasteiger partial charge in [-0.3, -0.25) is 10.1 Å². The van der Waals surface area contributed by atoms with Gasteiger partial charge in [-0.2, -0.15) is 0 Å². The lowest BCUT2D eigenvalue weighted by molar-refractivity contribution is -0.384. The summed E-state index contributed by atoms with van der Waals surface area (Å²) in [5.41, 5.74) is 0.0694. The van der Waals surface area contributed by atoms with Gasteiger partial charge in [-0.05, 0) is 24.7 Å². The number of rotatable bonds is 7. The van der Waals surface area contributed by atoms with E-state index in [1.165, 1.54) is 18.6 Å². The van der Waals surface area contributed by atoms with Crippen molar-refractivity contribution in [3.8, 4) is 0 Å². The highest BCUT2D eigenvalue weighted by molar-refractivity contribution is 5.54. The van der Waals surface area contributed by atoms with Crippen LogP contribution < -0.4 is 10.6 Å². The van der Waals surface area contributed by atoms with Crippen molar-refractivity contribution in [3.05, 3.63) is 22.2 Å². The summed E-state index contributed by atoms with van der Waals surface area (Å²) < 4.78 is 0. The van der Waals surface area contributed by atoms with E-state index in [-0.39, 0.29) is 10.6 Å². The molecule has 1 aliphatic carbocycles. The Balaban J connectivity index is 2.06. The van der Waals surface area contributed by atoms with Crippen molar-refractivity contribution in [2.24, 2.45) is 11.8 Å². The molecule has 1 saturated carbocycles. The molecule has 1 aromatic rings. The Bertz CT molecular complexity index is 464. The quantitative estimate of drug-likeness (QED) is 0.584. The van der Waals surface area contributed by atoms with Crippen LogP contribution in [0.15, 0.2) is 12.1 Å². The molecule has 2 unspecified atom stereocenters. The first-order valence-corrected chi connectivity index (χ1v) is 6.74. The molecule has 6 heteroatoms. The average molecular weight is 264 g/mol. The number of hydrogen-bond acceptors (Lipinski definition) is 5. The van der Waals surface area contributed by atoms with Gasteiger partial charge in [0, 0.05) is 13.1 Å². The molecule has 0 bridgehead atoms. The zero-order valence-electron chi connectivity index (χ0n) is 11.3. The van der Waals surface area contributed by atoms with Gasteiger partial charge in [0.25, 0.3) is 5.69 Å². The molecular formula is C13H20N4O2. The minimum absolute atomic E-state index is 0.0694. The van der Waals surface area contributed by atoms with Crippen LogP contribution in [0.5, 0.6) is 0 Å². The maximum absolute atomic E-state index is 10.9. The van der Waals surface area contributed by atoms with Crippen LogP contribution in [-0.2, 0) is 0 Å². The topological polar surface area (TPSA) is 80.1 Å². The summed E-state index contributed by atoms with van der Waals surface area (Å²) in [6, 6.07) is 2.96. The first kappa shape index (κ1) is 13.6. The maximum atomic E-state index is 10.9. The van der Waals surface area contributed by atoms with E-state index < -0.39 is 0 Å². The van der Waals surface area contributed by atoms with Gasteiger partial charge in [-0.1, -0.05) is 13.8 Å². The SMILES string of the molecule is CCCNc1cc([N+](=O)[O-])cc(NCC2CC2C)n1. The predicted molar refractivity (Wildman–Crippen MR) is 75.4 cm³/mol. The van der Waals surface area contributed by atoms with Crippen LogP contribution in [0.1, 0.15) is 26.7 Å². The Morgan fingerprint density at radius 3 is 2.58 bits per heavy atom. The van der Waals surface area contributed by atoms with E-state index in [1.807, 2.05) is 6.92 Å².